The van der Waals surface area contributed by atoms with Gasteiger partial charge in [0, 0.05) is 38.8 Å². The molecular weight excluding hydrogens is 584 g/mol. The van der Waals surface area contributed by atoms with Crippen LogP contribution in [-0.4, -0.2) is 128 Å². The zero-order valence-electron chi connectivity index (χ0n) is 25.0. The van der Waals surface area contributed by atoms with Crippen molar-refractivity contribution in [2.45, 2.75) is 31.7 Å². The predicted octanol–water partition coefficient (Wildman–Crippen LogP) is 2.18. The third-order valence-electron chi connectivity index (χ3n) is 7.78. The Bertz CT molecular complexity index is 1510. The highest BCUT2D eigenvalue weighted by molar-refractivity contribution is 7.88. The lowest BCUT2D eigenvalue weighted by molar-refractivity contribution is 0.122. The minimum absolute atomic E-state index is 0.0312. The number of para-hydroxylation sites is 1. The number of piperidine rings is 1. The largest absolute Gasteiger partial charge is 0.494 e. The van der Waals surface area contributed by atoms with Gasteiger partial charge in [0.05, 0.1) is 32.1 Å². The van der Waals surface area contributed by atoms with Gasteiger partial charge in [-0.15, -0.1) is 0 Å². The summed E-state index contributed by atoms with van der Waals surface area (Å²) in [7, 11) is 2.15. The highest BCUT2D eigenvalue weighted by atomic mass is 32.2. The molecule has 0 saturated carbocycles. The molecule has 0 spiro atoms. The number of halogens is 2. The van der Waals surface area contributed by atoms with Gasteiger partial charge in [-0.05, 0) is 52.0 Å². The fraction of sp³-hybridized carbons (Fsp3) is 0.630. The van der Waals surface area contributed by atoms with E-state index in [1.54, 1.807) is 18.2 Å². The molecule has 43 heavy (non-hydrogen) atoms. The average molecular weight is 624 g/mol. The zero-order valence-corrected chi connectivity index (χ0v) is 25.8. The van der Waals surface area contributed by atoms with Crippen molar-refractivity contribution in [1.29, 1.82) is 0 Å². The van der Waals surface area contributed by atoms with Crippen LogP contribution < -0.4 is 14.5 Å². The van der Waals surface area contributed by atoms with E-state index in [4.69, 9.17) is 24.4 Å². The van der Waals surface area contributed by atoms with E-state index in [1.807, 2.05) is 19.0 Å². The van der Waals surface area contributed by atoms with E-state index in [-0.39, 0.29) is 17.5 Å². The van der Waals surface area contributed by atoms with E-state index in [2.05, 4.69) is 14.8 Å². The fourth-order valence-electron chi connectivity index (χ4n) is 5.58. The number of hydrogen-bond donors (Lipinski definition) is 0. The minimum Gasteiger partial charge on any atom is -0.494 e. The van der Waals surface area contributed by atoms with Crippen LogP contribution in [0.2, 0.25) is 0 Å². The normalized spacial score (nSPS) is 17.3. The number of sulfonamides is 1. The van der Waals surface area contributed by atoms with Gasteiger partial charge in [0.2, 0.25) is 27.9 Å². The molecule has 2 aromatic heterocycles. The maximum atomic E-state index is 14.5. The Morgan fingerprint density at radius 2 is 1.72 bits per heavy atom. The molecule has 0 aliphatic carbocycles. The molecule has 4 heterocycles. The first kappa shape index (κ1) is 31.2. The van der Waals surface area contributed by atoms with Crippen LogP contribution in [0.3, 0.4) is 0 Å². The minimum atomic E-state index is -3.31. The van der Waals surface area contributed by atoms with Crippen molar-refractivity contribution in [2.75, 3.05) is 89.7 Å². The first-order chi connectivity index (χ1) is 20.6. The van der Waals surface area contributed by atoms with E-state index >= 15 is 0 Å². The fourth-order valence-corrected chi connectivity index (χ4v) is 6.45. The van der Waals surface area contributed by atoms with Gasteiger partial charge in [-0.1, -0.05) is 6.07 Å². The highest BCUT2D eigenvalue weighted by Crippen LogP contribution is 2.33. The van der Waals surface area contributed by atoms with Crippen molar-refractivity contribution >= 4 is 33.0 Å². The number of hydrogen-bond acceptors (Lipinski definition) is 11. The number of fused-ring (bicyclic) bond motifs is 1. The molecule has 0 radical (unpaired) electrons. The van der Waals surface area contributed by atoms with Gasteiger partial charge < -0.3 is 24.2 Å². The Hall–Kier alpha value is -3.21. The Balaban J connectivity index is 1.63. The quantitative estimate of drug-likeness (QED) is 0.312. The first-order valence-corrected chi connectivity index (χ1v) is 16.2. The molecule has 0 unspecified atom stereocenters. The van der Waals surface area contributed by atoms with Crippen molar-refractivity contribution < 1.29 is 26.7 Å². The zero-order chi connectivity index (χ0) is 30.7. The first-order valence-electron chi connectivity index (χ1n) is 14.4. The van der Waals surface area contributed by atoms with Gasteiger partial charge in [-0.3, -0.25) is 4.57 Å². The molecule has 1 aromatic carbocycles. The summed E-state index contributed by atoms with van der Waals surface area (Å²) >= 11 is 0. The third-order valence-corrected chi connectivity index (χ3v) is 9.08. The van der Waals surface area contributed by atoms with E-state index < -0.39 is 22.3 Å². The molecule has 13 nitrogen and oxygen atoms in total. The number of rotatable bonds is 11. The van der Waals surface area contributed by atoms with Gasteiger partial charge in [-0.2, -0.15) is 15.0 Å². The van der Waals surface area contributed by atoms with Gasteiger partial charge in [-0.25, -0.2) is 26.5 Å². The third kappa shape index (κ3) is 6.97. The number of aromatic nitrogens is 5. The second-order valence-electron chi connectivity index (χ2n) is 11.0. The molecule has 3 aromatic rings. The van der Waals surface area contributed by atoms with Crippen LogP contribution in [0, 0.1) is 0 Å². The number of ether oxygens (including phenoxy) is 2. The van der Waals surface area contributed by atoms with Gasteiger partial charge >= 0.3 is 0 Å². The lowest BCUT2D eigenvalue weighted by atomic mass is 10.0. The summed E-state index contributed by atoms with van der Waals surface area (Å²) in [5.74, 6) is 0.616. The maximum Gasteiger partial charge on any atom is 0.296 e. The summed E-state index contributed by atoms with van der Waals surface area (Å²) in [6.45, 7) is 4.21. The molecule has 2 fully saturated rings. The molecule has 0 N–H and O–H groups in total. The molecule has 0 atom stereocenters. The van der Waals surface area contributed by atoms with Crippen molar-refractivity contribution in [1.82, 2.24) is 33.7 Å². The number of methoxy groups -OCH3 is 1. The molecule has 5 rings (SSSR count). The molecule has 2 saturated heterocycles. The van der Waals surface area contributed by atoms with Crippen LogP contribution in [-0.2, 0) is 14.8 Å². The van der Waals surface area contributed by atoms with Crippen LogP contribution in [0.4, 0.5) is 20.7 Å². The second-order valence-corrected chi connectivity index (χ2v) is 13.0. The average Bonchev–Trinajstić information content (AvgIpc) is 3.39. The Labute approximate surface area is 250 Å². The monoisotopic (exact) mass is 623 g/mol. The lowest BCUT2D eigenvalue weighted by Gasteiger charge is -2.38. The van der Waals surface area contributed by atoms with E-state index in [1.165, 1.54) is 22.2 Å². The van der Waals surface area contributed by atoms with Crippen molar-refractivity contribution in [3.63, 3.8) is 0 Å². The van der Waals surface area contributed by atoms with Crippen LogP contribution >= 0.6 is 0 Å². The van der Waals surface area contributed by atoms with Crippen molar-refractivity contribution in [3.8, 4) is 11.7 Å². The molecule has 2 aliphatic heterocycles. The Kier molecular flexibility index (Phi) is 9.58. The molecule has 2 aliphatic rings. The van der Waals surface area contributed by atoms with Gasteiger partial charge in [0.25, 0.3) is 6.43 Å². The van der Waals surface area contributed by atoms with Crippen LogP contribution in [0.1, 0.15) is 31.5 Å². The molecule has 236 valence electrons. The SMILES string of the molecule is COc1cccc2c1nc(C(F)F)n2-c1nc(N2CCOCC2)nc(N(CCCN(C)C)C2CCN(S(C)(=O)=O)CC2)n1. The summed E-state index contributed by atoms with van der Waals surface area (Å²) in [5, 5.41) is 0. The summed E-state index contributed by atoms with van der Waals surface area (Å²) in [4.78, 5) is 24.8. The molecule has 0 bridgehead atoms. The standard InChI is InChI=1S/C27H39F2N9O4S/c1-34(2)11-6-12-37(19-9-13-36(14-10-19)43(4,39)40)26-31-25(35-15-17-42-18-16-35)32-27(33-26)38-20-7-5-8-21(41-3)22(20)30-24(38)23(28)29/h5,7-8,19,23H,6,9-18H2,1-4H3. The van der Waals surface area contributed by atoms with Crippen LogP contribution in [0.25, 0.3) is 17.0 Å². The second kappa shape index (κ2) is 13.2. The number of imidazole rings is 1. The molecular formula is C27H39F2N9O4S. The predicted molar refractivity (Wildman–Crippen MR) is 159 cm³/mol. The summed E-state index contributed by atoms with van der Waals surface area (Å²) in [6, 6.07) is 5.01. The number of anilines is 2. The van der Waals surface area contributed by atoms with Crippen LogP contribution in [0.5, 0.6) is 5.75 Å². The topological polar surface area (TPSA) is 122 Å². The number of nitrogens with zero attached hydrogens (tertiary/aromatic N) is 9. The van der Waals surface area contributed by atoms with Crippen molar-refractivity contribution in [2.24, 2.45) is 0 Å². The summed E-state index contributed by atoms with van der Waals surface area (Å²) in [5.41, 5.74) is 0.673. The smallest absolute Gasteiger partial charge is 0.296 e. The number of morpholine rings is 1. The van der Waals surface area contributed by atoms with E-state index in [9.17, 15) is 17.2 Å². The summed E-state index contributed by atoms with van der Waals surface area (Å²) < 4.78 is 67.1. The van der Waals surface area contributed by atoms with Crippen LogP contribution in [0.15, 0.2) is 18.2 Å². The van der Waals surface area contributed by atoms with E-state index in [0.717, 1.165) is 13.0 Å². The number of benzene rings is 1. The van der Waals surface area contributed by atoms with Gasteiger partial charge in [0.1, 0.15) is 11.3 Å². The lowest BCUT2D eigenvalue weighted by Crippen LogP contribution is -2.48. The maximum absolute atomic E-state index is 14.5. The van der Waals surface area contributed by atoms with E-state index in [0.29, 0.717) is 81.9 Å². The Morgan fingerprint density at radius 1 is 1.02 bits per heavy atom. The highest BCUT2D eigenvalue weighted by Gasteiger charge is 2.32. The molecule has 0 amide bonds. The molecule has 16 heteroatoms. The van der Waals surface area contributed by atoms with Gasteiger partial charge in [0.15, 0.2) is 5.82 Å². The Morgan fingerprint density at radius 3 is 2.35 bits per heavy atom. The number of alkyl halides is 2. The summed E-state index contributed by atoms with van der Waals surface area (Å²) in [6.07, 6.45) is 0.272. The van der Waals surface area contributed by atoms with Crippen molar-refractivity contribution in [3.05, 3.63) is 24.0 Å².